The lowest BCUT2D eigenvalue weighted by atomic mass is 10.0. The van der Waals surface area contributed by atoms with Gasteiger partial charge in [0.25, 0.3) is 11.8 Å². The predicted molar refractivity (Wildman–Crippen MR) is 145 cm³/mol. The molecule has 3 rings (SSSR count). The second-order valence-corrected chi connectivity index (χ2v) is 9.17. The van der Waals surface area contributed by atoms with E-state index in [1.807, 2.05) is 62.1 Å². The van der Waals surface area contributed by atoms with Crippen molar-refractivity contribution >= 4 is 11.8 Å². The molecule has 0 aliphatic carbocycles. The summed E-state index contributed by atoms with van der Waals surface area (Å²) in [6.45, 7) is 8.32. The second kappa shape index (κ2) is 14.2. The zero-order valence-electron chi connectivity index (χ0n) is 21.9. The van der Waals surface area contributed by atoms with Crippen molar-refractivity contribution in [3.63, 3.8) is 0 Å². The number of aryl methyl sites for hydroxylation is 1. The summed E-state index contributed by atoms with van der Waals surface area (Å²) in [5, 5.41) is 16.4. The summed E-state index contributed by atoms with van der Waals surface area (Å²) >= 11 is 0. The Bertz CT molecular complexity index is 1160. The molecule has 1 atom stereocenters. The van der Waals surface area contributed by atoms with Crippen molar-refractivity contribution in [3.8, 4) is 11.3 Å². The molecule has 0 unspecified atom stereocenters. The van der Waals surface area contributed by atoms with Gasteiger partial charge in [-0.3, -0.25) is 9.59 Å². The third-order valence-electron chi connectivity index (χ3n) is 5.87. The van der Waals surface area contributed by atoms with Gasteiger partial charge >= 0.3 is 0 Å². The molecule has 0 saturated carbocycles. The maximum atomic E-state index is 13.0. The number of aliphatic hydroxyl groups is 1. The minimum atomic E-state index is -0.760. The highest BCUT2D eigenvalue weighted by atomic mass is 16.3. The Hall–Kier alpha value is -3.62. The molecule has 2 aromatic carbocycles. The normalized spacial score (nSPS) is 11.7. The number of carbonyl (C=O) groups is 2. The number of amides is 2. The van der Waals surface area contributed by atoms with E-state index in [-0.39, 0.29) is 18.4 Å². The monoisotopic (exact) mass is 503 g/mol. The summed E-state index contributed by atoms with van der Waals surface area (Å²) < 4.78 is 0. The molecule has 0 bridgehead atoms. The molecule has 8 nitrogen and oxygen atoms in total. The lowest BCUT2D eigenvalue weighted by Gasteiger charge is -2.22. The summed E-state index contributed by atoms with van der Waals surface area (Å²) in [6, 6.07) is 15.1. The van der Waals surface area contributed by atoms with Crippen molar-refractivity contribution in [1.29, 1.82) is 0 Å². The van der Waals surface area contributed by atoms with E-state index in [1.54, 1.807) is 18.3 Å². The Labute approximate surface area is 219 Å². The number of hydrogen-bond acceptors (Lipinski definition) is 6. The van der Waals surface area contributed by atoms with Gasteiger partial charge in [0.05, 0.1) is 11.8 Å². The molecule has 0 spiro atoms. The van der Waals surface area contributed by atoms with Crippen LogP contribution in [0.2, 0.25) is 0 Å². The van der Waals surface area contributed by atoms with Crippen LogP contribution in [0, 0.1) is 6.92 Å². The van der Waals surface area contributed by atoms with Crippen LogP contribution in [-0.4, -0.2) is 64.1 Å². The Morgan fingerprint density at radius 2 is 1.76 bits per heavy atom. The highest BCUT2D eigenvalue weighted by Crippen LogP contribution is 2.17. The van der Waals surface area contributed by atoms with Crippen LogP contribution in [0.15, 0.2) is 61.1 Å². The summed E-state index contributed by atoms with van der Waals surface area (Å²) in [5.41, 5.74) is 4.68. The fourth-order valence-corrected chi connectivity index (χ4v) is 4.14. The minimum Gasteiger partial charge on any atom is -0.390 e. The number of nitrogens with zero attached hydrogens (tertiary/aromatic N) is 3. The number of hydrogen-bond donors (Lipinski definition) is 3. The fourth-order valence-electron chi connectivity index (χ4n) is 4.14. The average Bonchev–Trinajstić information content (AvgIpc) is 2.91. The van der Waals surface area contributed by atoms with E-state index in [9.17, 15) is 14.7 Å². The van der Waals surface area contributed by atoms with E-state index >= 15 is 0 Å². The van der Waals surface area contributed by atoms with Crippen LogP contribution in [0.1, 0.15) is 58.5 Å². The van der Waals surface area contributed by atoms with Gasteiger partial charge in [-0.25, -0.2) is 9.97 Å². The lowest BCUT2D eigenvalue weighted by Crippen LogP contribution is -2.38. The average molecular weight is 504 g/mol. The minimum absolute atomic E-state index is 0.0607. The number of aromatic nitrogens is 2. The third-order valence-corrected chi connectivity index (χ3v) is 5.87. The molecule has 0 saturated heterocycles. The molecule has 3 N–H and O–H groups in total. The zero-order valence-corrected chi connectivity index (χ0v) is 21.9. The number of benzene rings is 2. The van der Waals surface area contributed by atoms with Crippen LogP contribution in [-0.2, 0) is 6.54 Å². The molecule has 2 amide bonds. The highest BCUT2D eigenvalue weighted by Gasteiger charge is 2.17. The molecule has 0 aliphatic rings. The Morgan fingerprint density at radius 1 is 1.00 bits per heavy atom. The first-order valence-electron chi connectivity index (χ1n) is 12.8. The summed E-state index contributed by atoms with van der Waals surface area (Å²) in [7, 11) is 0. The van der Waals surface area contributed by atoms with Crippen molar-refractivity contribution in [2.75, 3.05) is 26.2 Å². The van der Waals surface area contributed by atoms with Crippen molar-refractivity contribution in [3.05, 3.63) is 83.3 Å². The lowest BCUT2D eigenvalue weighted by molar-refractivity contribution is 0.0755. The Kier molecular flexibility index (Phi) is 10.7. The van der Waals surface area contributed by atoms with Gasteiger partial charge in [0, 0.05) is 55.6 Å². The van der Waals surface area contributed by atoms with E-state index in [0.29, 0.717) is 37.3 Å². The maximum absolute atomic E-state index is 13.0. The van der Waals surface area contributed by atoms with E-state index in [1.165, 1.54) is 6.33 Å². The zero-order chi connectivity index (χ0) is 26.6. The molecular weight excluding hydrogens is 466 g/mol. The molecule has 196 valence electrons. The Morgan fingerprint density at radius 3 is 2.46 bits per heavy atom. The molecule has 1 heterocycles. The molecule has 3 aromatic rings. The van der Waals surface area contributed by atoms with Crippen molar-refractivity contribution in [1.82, 2.24) is 25.5 Å². The van der Waals surface area contributed by atoms with Crippen LogP contribution < -0.4 is 10.6 Å². The van der Waals surface area contributed by atoms with Gasteiger partial charge in [-0.05, 0) is 61.2 Å². The SMILES string of the molecule is CCCN(CCC)C(=O)c1cc(C)cc(C(=O)NC[C@H](O)CNCc2cccc(-c3ccncn3)c2)c1. The maximum Gasteiger partial charge on any atom is 0.253 e. The van der Waals surface area contributed by atoms with E-state index in [2.05, 4.69) is 20.6 Å². The molecule has 37 heavy (non-hydrogen) atoms. The van der Waals surface area contributed by atoms with Crippen molar-refractivity contribution in [2.45, 2.75) is 46.3 Å². The quantitative estimate of drug-likeness (QED) is 0.329. The summed E-state index contributed by atoms with van der Waals surface area (Å²) in [5.74, 6) is -0.374. The van der Waals surface area contributed by atoms with Crippen LogP contribution in [0.3, 0.4) is 0 Å². The number of aliphatic hydroxyl groups excluding tert-OH is 1. The van der Waals surface area contributed by atoms with E-state index in [4.69, 9.17) is 0 Å². The summed E-state index contributed by atoms with van der Waals surface area (Å²) in [6.07, 6.45) is 4.23. The van der Waals surface area contributed by atoms with Gasteiger partial charge < -0.3 is 20.6 Å². The molecule has 0 aliphatic heterocycles. The largest absolute Gasteiger partial charge is 0.390 e. The topological polar surface area (TPSA) is 107 Å². The Balaban J connectivity index is 1.51. The van der Waals surface area contributed by atoms with Crippen LogP contribution in [0.5, 0.6) is 0 Å². The van der Waals surface area contributed by atoms with Gasteiger partial charge in [0.1, 0.15) is 6.33 Å². The van der Waals surface area contributed by atoms with E-state index in [0.717, 1.165) is 35.2 Å². The molecule has 0 fully saturated rings. The number of rotatable bonds is 13. The molecular formula is C29H37N5O3. The van der Waals surface area contributed by atoms with Crippen LogP contribution >= 0.6 is 0 Å². The molecule has 0 radical (unpaired) electrons. The van der Waals surface area contributed by atoms with Crippen LogP contribution in [0.25, 0.3) is 11.3 Å². The number of carbonyl (C=O) groups excluding carboxylic acids is 2. The van der Waals surface area contributed by atoms with Gasteiger partial charge in [0.15, 0.2) is 0 Å². The van der Waals surface area contributed by atoms with Crippen molar-refractivity contribution < 1.29 is 14.7 Å². The van der Waals surface area contributed by atoms with Gasteiger partial charge in [-0.1, -0.05) is 32.0 Å². The number of nitrogens with one attached hydrogen (secondary N) is 2. The molecule has 8 heteroatoms. The fraction of sp³-hybridized carbons (Fsp3) is 0.379. The molecule has 1 aromatic heterocycles. The second-order valence-electron chi connectivity index (χ2n) is 9.17. The first-order valence-corrected chi connectivity index (χ1v) is 12.8. The van der Waals surface area contributed by atoms with E-state index < -0.39 is 6.10 Å². The third kappa shape index (κ3) is 8.48. The standard InChI is InChI=1S/C29H37N5O3/c1-4-11-34(12-5-2)29(37)25-14-21(3)13-24(16-25)28(36)32-19-26(35)18-31-17-22-7-6-8-23(15-22)27-9-10-30-20-33-27/h6-10,13-16,20,26,31,35H,4-5,11-12,17-19H2,1-3H3,(H,32,36)/t26-/m1/s1. The highest BCUT2D eigenvalue weighted by molar-refractivity contribution is 6.00. The van der Waals surface area contributed by atoms with Gasteiger partial charge in [-0.15, -0.1) is 0 Å². The van der Waals surface area contributed by atoms with Crippen molar-refractivity contribution in [2.24, 2.45) is 0 Å². The predicted octanol–water partition coefficient (Wildman–Crippen LogP) is 3.59. The first-order chi connectivity index (χ1) is 17.9. The van der Waals surface area contributed by atoms with Gasteiger partial charge in [-0.2, -0.15) is 0 Å². The van der Waals surface area contributed by atoms with Gasteiger partial charge in [0.2, 0.25) is 0 Å². The smallest absolute Gasteiger partial charge is 0.253 e. The summed E-state index contributed by atoms with van der Waals surface area (Å²) in [4.78, 5) is 35.8. The first kappa shape index (κ1) is 28.0. The van der Waals surface area contributed by atoms with Crippen LogP contribution in [0.4, 0.5) is 0 Å².